The van der Waals surface area contributed by atoms with Gasteiger partial charge in [0.25, 0.3) is 11.6 Å². The third-order valence-electron chi connectivity index (χ3n) is 5.89. The molecule has 0 saturated heterocycles. The molecule has 0 spiro atoms. The van der Waals surface area contributed by atoms with Crippen LogP contribution < -0.4 is 10.6 Å². The number of ketones is 1. The van der Waals surface area contributed by atoms with Gasteiger partial charge in [-0.3, -0.25) is 19.7 Å². The van der Waals surface area contributed by atoms with Crippen LogP contribution in [0.2, 0.25) is 0 Å². The zero-order valence-corrected chi connectivity index (χ0v) is 20.0. The summed E-state index contributed by atoms with van der Waals surface area (Å²) in [5, 5.41) is 17.3. The molecule has 2 aromatic rings. The topological polar surface area (TPSA) is 114 Å². The van der Waals surface area contributed by atoms with Gasteiger partial charge in [-0.1, -0.05) is 26.0 Å². The fourth-order valence-electron chi connectivity index (χ4n) is 4.49. The molecule has 1 aromatic carbocycles. The molecule has 33 heavy (non-hydrogen) atoms. The van der Waals surface area contributed by atoms with E-state index in [9.17, 15) is 19.7 Å². The summed E-state index contributed by atoms with van der Waals surface area (Å²) in [5.41, 5.74) is 2.76. The summed E-state index contributed by atoms with van der Waals surface area (Å²) >= 11 is 3.32. The number of nitrogens with one attached hydrogen (secondary N) is 2. The fraction of sp³-hybridized carbons (Fsp3) is 0.292. The van der Waals surface area contributed by atoms with Crippen LogP contribution in [0.25, 0.3) is 0 Å². The van der Waals surface area contributed by atoms with Crippen LogP contribution in [-0.4, -0.2) is 21.6 Å². The lowest BCUT2D eigenvalue weighted by Crippen LogP contribution is -2.39. The minimum atomic E-state index is -0.638. The molecule has 9 heteroatoms. The number of carbonyl (C=O) groups is 2. The summed E-state index contributed by atoms with van der Waals surface area (Å²) in [5.74, 6) is -0.679. The van der Waals surface area contributed by atoms with E-state index in [2.05, 4.69) is 31.5 Å². The number of rotatable bonds is 4. The number of nitrogens with zero attached hydrogens (tertiary/aromatic N) is 2. The number of anilines is 1. The number of allylic oxidation sites excluding steroid dienone is 3. The third kappa shape index (κ3) is 4.59. The highest BCUT2D eigenvalue weighted by Crippen LogP contribution is 2.46. The highest BCUT2D eigenvalue weighted by molar-refractivity contribution is 9.10. The molecule has 0 bridgehead atoms. The van der Waals surface area contributed by atoms with Gasteiger partial charge in [0.15, 0.2) is 5.78 Å². The zero-order valence-electron chi connectivity index (χ0n) is 18.4. The molecule has 0 fully saturated rings. The minimum Gasteiger partial charge on any atom is -0.362 e. The number of pyridine rings is 1. The molecule has 1 amide bonds. The molecule has 8 nitrogen and oxygen atoms in total. The van der Waals surface area contributed by atoms with Crippen LogP contribution in [0, 0.1) is 15.5 Å². The standard InChI is InChI=1S/C24H23BrN4O4/c1-13-20(23(31)28-19-9-6-15(25)12-26-19)21(14-4-7-16(8-5-14)29(32)33)22-17(27-13)10-24(2,3)11-18(22)30/h4-9,12,21,27H,10-11H2,1-3H3,(H,26,28,31)/t21-/m0/s1. The Morgan fingerprint density at radius 3 is 2.52 bits per heavy atom. The van der Waals surface area contributed by atoms with Crippen molar-refractivity contribution in [3.63, 3.8) is 0 Å². The van der Waals surface area contributed by atoms with Gasteiger partial charge < -0.3 is 10.6 Å². The molecule has 0 unspecified atom stereocenters. The largest absolute Gasteiger partial charge is 0.362 e. The average molecular weight is 511 g/mol. The number of amides is 1. The van der Waals surface area contributed by atoms with Crippen LogP contribution in [0.15, 0.2) is 69.6 Å². The van der Waals surface area contributed by atoms with Gasteiger partial charge in [-0.25, -0.2) is 4.98 Å². The number of nitro groups is 1. The van der Waals surface area contributed by atoms with Crippen molar-refractivity contribution in [1.29, 1.82) is 0 Å². The van der Waals surface area contributed by atoms with Gasteiger partial charge in [0.2, 0.25) is 0 Å². The Morgan fingerprint density at radius 2 is 1.91 bits per heavy atom. The lowest BCUT2D eigenvalue weighted by atomic mass is 9.68. The van der Waals surface area contributed by atoms with Crippen molar-refractivity contribution in [3.8, 4) is 0 Å². The first-order valence-corrected chi connectivity index (χ1v) is 11.3. The molecule has 1 aliphatic heterocycles. The Kier molecular flexibility index (Phi) is 5.92. The number of non-ortho nitro benzene ring substituents is 1. The number of hydrogen-bond acceptors (Lipinski definition) is 6. The van der Waals surface area contributed by atoms with E-state index in [0.29, 0.717) is 41.1 Å². The highest BCUT2D eigenvalue weighted by atomic mass is 79.9. The monoisotopic (exact) mass is 510 g/mol. The third-order valence-corrected chi connectivity index (χ3v) is 6.36. The van der Waals surface area contributed by atoms with Crippen molar-refractivity contribution in [3.05, 3.63) is 85.3 Å². The maximum absolute atomic E-state index is 13.4. The Bertz CT molecular complexity index is 1210. The molecule has 1 atom stereocenters. The predicted molar refractivity (Wildman–Crippen MR) is 127 cm³/mol. The lowest BCUT2D eigenvalue weighted by Gasteiger charge is -2.39. The van der Waals surface area contributed by atoms with Gasteiger partial charge in [-0.15, -0.1) is 0 Å². The molecule has 2 N–H and O–H groups in total. The van der Waals surface area contributed by atoms with Crippen molar-refractivity contribution in [2.45, 2.75) is 39.5 Å². The molecule has 0 radical (unpaired) electrons. The van der Waals surface area contributed by atoms with Crippen LogP contribution in [0.5, 0.6) is 0 Å². The second kappa shape index (κ2) is 8.55. The molecular weight excluding hydrogens is 488 g/mol. The first kappa shape index (κ1) is 22.8. The maximum Gasteiger partial charge on any atom is 0.269 e. The van der Waals surface area contributed by atoms with Gasteiger partial charge >= 0.3 is 0 Å². The van der Waals surface area contributed by atoms with Crippen molar-refractivity contribution < 1.29 is 14.5 Å². The molecule has 170 valence electrons. The van der Waals surface area contributed by atoms with Gasteiger partial charge in [-0.2, -0.15) is 0 Å². The van der Waals surface area contributed by atoms with Gasteiger partial charge in [0, 0.05) is 57.7 Å². The van der Waals surface area contributed by atoms with Crippen LogP contribution in [0.3, 0.4) is 0 Å². The van der Waals surface area contributed by atoms with Crippen LogP contribution >= 0.6 is 15.9 Å². The lowest BCUT2D eigenvalue weighted by molar-refractivity contribution is -0.384. The summed E-state index contributed by atoms with van der Waals surface area (Å²) in [6, 6.07) is 9.47. The minimum absolute atomic E-state index is 0.0309. The van der Waals surface area contributed by atoms with Gasteiger partial charge in [0.05, 0.1) is 4.92 Å². The first-order valence-electron chi connectivity index (χ1n) is 10.5. The van der Waals surface area contributed by atoms with Crippen LogP contribution in [0.1, 0.15) is 45.1 Å². The van der Waals surface area contributed by atoms with Crippen LogP contribution in [-0.2, 0) is 9.59 Å². The van der Waals surface area contributed by atoms with E-state index >= 15 is 0 Å². The van der Waals surface area contributed by atoms with Gasteiger partial charge in [0.1, 0.15) is 5.82 Å². The quantitative estimate of drug-likeness (QED) is 0.442. The number of carbonyl (C=O) groups excluding carboxylic acids is 2. The molecule has 1 aromatic heterocycles. The predicted octanol–water partition coefficient (Wildman–Crippen LogP) is 5.00. The number of Topliss-reactive ketones (excluding diaryl/α,β-unsaturated/α-hetero) is 1. The molecule has 0 saturated carbocycles. The number of hydrogen-bond donors (Lipinski definition) is 2. The van der Waals surface area contributed by atoms with E-state index in [1.165, 1.54) is 12.1 Å². The van der Waals surface area contributed by atoms with Gasteiger partial charge in [-0.05, 0) is 52.4 Å². The smallest absolute Gasteiger partial charge is 0.269 e. The van der Waals surface area contributed by atoms with Crippen LogP contribution in [0.4, 0.5) is 11.5 Å². The Balaban J connectivity index is 1.80. The highest BCUT2D eigenvalue weighted by Gasteiger charge is 2.42. The Morgan fingerprint density at radius 1 is 1.21 bits per heavy atom. The molecule has 2 heterocycles. The number of dihydropyridines is 1. The molecular formula is C24H23BrN4O4. The molecule has 4 rings (SSSR count). The van der Waals surface area contributed by atoms with E-state index in [0.717, 1.165) is 10.2 Å². The van der Waals surface area contributed by atoms with Crippen molar-refractivity contribution in [2.24, 2.45) is 5.41 Å². The Labute approximate surface area is 199 Å². The summed E-state index contributed by atoms with van der Waals surface area (Å²) in [6.45, 7) is 5.88. The van der Waals surface area contributed by atoms with Crippen molar-refractivity contribution in [1.82, 2.24) is 10.3 Å². The maximum atomic E-state index is 13.4. The second-order valence-electron chi connectivity index (χ2n) is 9.09. The second-order valence-corrected chi connectivity index (χ2v) is 10.0. The normalized spacial score (nSPS) is 19.6. The number of benzene rings is 1. The van der Waals surface area contributed by atoms with E-state index in [1.807, 2.05) is 13.8 Å². The number of aromatic nitrogens is 1. The molecule has 1 aliphatic carbocycles. The zero-order chi connectivity index (χ0) is 23.9. The first-order chi connectivity index (χ1) is 15.6. The summed E-state index contributed by atoms with van der Waals surface area (Å²) in [6.07, 6.45) is 2.61. The Hall–Kier alpha value is -3.33. The van der Waals surface area contributed by atoms with Crippen molar-refractivity contribution in [2.75, 3.05) is 5.32 Å². The van der Waals surface area contributed by atoms with E-state index < -0.39 is 10.8 Å². The summed E-state index contributed by atoms with van der Waals surface area (Å²) in [4.78, 5) is 41.6. The summed E-state index contributed by atoms with van der Waals surface area (Å²) < 4.78 is 0.782. The average Bonchev–Trinajstić information content (AvgIpc) is 2.73. The number of nitro benzene ring substituents is 1. The molecule has 2 aliphatic rings. The number of halogens is 1. The van der Waals surface area contributed by atoms with E-state index in [1.54, 1.807) is 37.4 Å². The SMILES string of the molecule is CC1=C(C(=O)Nc2ccc(Br)cn2)[C@H](c2ccc([N+](=O)[O-])cc2)C2=C(CC(C)(C)CC2=O)N1. The van der Waals surface area contributed by atoms with Crippen molar-refractivity contribution >= 4 is 39.1 Å². The summed E-state index contributed by atoms with van der Waals surface area (Å²) in [7, 11) is 0. The fourth-order valence-corrected chi connectivity index (χ4v) is 4.73. The van der Waals surface area contributed by atoms with E-state index in [4.69, 9.17) is 0 Å². The van der Waals surface area contributed by atoms with E-state index in [-0.39, 0.29) is 22.8 Å².